The molecule has 1 heterocycles. The van der Waals surface area contributed by atoms with E-state index in [9.17, 15) is 18.0 Å². The third-order valence-electron chi connectivity index (χ3n) is 4.79. The summed E-state index contributed by atoms with van der Waals surface area (Å²) in [6.45, 7) is 1.69. The second kappa shape index (κ2) is 10.4. The normalized spacial score (nSPS) is 14.6. The lowest BCUT2D eigenvalue weighted by atomic mass is 10.1. The quantitative estimate of drug-likeness (QED) is 0.613. The minimum atomic E-state index is -3.54. The maximum Gasteiger partial charge on any atom is 0.313 e. The molecule has 0 atom stereocenters. The van der Waals surface area contributed by atoms with Crippen LogP contribution in [0.25, 0.3) is 0 Å². The standard InChI is InChI=1S/C21H25N3O6S/c1-29-19-5-3-2-4-18(19)23-21(26)20(25)22-11-10-16-6-8-17(9-7-16)31(27,28)24-12-14-30-15-13-24/h2-9H,10-15H2,1H3,(H,22,25)(H,23,26). The highest BCUT2D eigenvalue weighted by Crippen LogP contribution is 2.22. The van der Waals surface area contributed by atoms with Crippen LogP contribution in [0.15, 0.2) is 53.4 Å². The fourth-order valence-corrected chi connectivity index (χ4v) is 4.50. The molecular weight excluding hydrogens is 422 g/mol. The number of hydrogen-bond donors (Lipinski definition) is 2. The van der Waals surface area contributed by atoms with E-state index in [1.165, 1.54) is 11.4 Å². The zero-order valence-corrected chi connectivity index (χ0v) is 18.0. The lowest BCUT2D eigenvalue weighted by Gasteiger charge is -2.26. The van der Waals surface area contributed by atoms with Gasteiger partial charge in [0, 0.05) is 19.6 Å². The molecule has 0 radical (unpaired) electrons. The number of morpholine rings is 1. The summed E-state index contributed by atoms with van der Waals surface area (Å²) in [6, 6.07) is 13.3. The number of anilines is 1. The van der Waals surface area contributed by atoms with E-state index >= 15 is 0 Å². The molecule has 2 aromatic rings. The third-order valence-corrected chi connectivity index (χ3v) is 6.70. The highest BCUT2D eigenvalue weighted by atomic mass is 32.2. The molecule has 0 aromatic heterocycles. The average molecular weight is 448 g/mol. The molecule has 0 aliphatic carbocycles. The molecule has 10 heteroatoms. The summed E-state index contributed by atoms with van der Waals surface area (Å²) in [4.78, 5) is 24.3. The van der Waals surface area contributed by atoms with E-state index in [1.807, 2.05) is 0 Å². The molecule has 2 N–H and O–H groups in total. The molecule has 0 spiro atoms. The first-order valence-corrected chi connectivity index (χ1v) is 11.2. The van der Waals surface area contributed by atoms with Crippen molar-refractivity contribution in [3.63, 3.8) is 0 Å². The fraction of sp³-hybridized carbons (Fsp3) is 0.333. The Morgan fingerprint density at radius 1 is 1.03 bits per heavy atom. The van der Waals surface area contributed by atoms with Crippen molar-refractivity contribution in [1.29, 1.82) is 0 Å². The van der Waals surface area contributed by atoms with Crippen molar-refractivity contribution in [3.8, 4) is 5.75 Å². The molecule has 1 saturated heterocycles. The molecule has 2 amide bonds. The van der Waals surface area contributed by atoms with Gasteiger partial charge in [-0.3, -0.25) is 9.59 Å². The Balaban J connectivity index is 1.50. The van der Waals surface area contributed by atoms with Gasteiger partial charge in [0.05, 0.1) is 30.9 Å². The number of rotatable bonds is 7. The second-order valence-corrected chi connectivity index (χ2v) is 8.76. The molecule has 0 saturated carbocycles. The smallest absolute Gasteiger partial charge is 0.313 e. The number of nitrogens with zero attached hydrogens (tertiary/aromatic N) is 1. The molecule has 1 aliphatic heterocycles. The van der Waals surface area contributed by atoms with Crippen molar-refractivity contribution >= 4 is 27.5 Å². The molecular formula is C21H25N3O6S. The largest absolute Gasteiger partial charge is 0.495 e. The van der Waals surface area contributed by atoms with Crippen molar-refractivity contribution in [3.05, 3.63) is 54.1 Å². The molecule has 1 aliphatic rings. The summed E-state index contributed by atoms with van der Waals surface area (Å²) in [5.74, 6) is -1.11. The van der Waals surface area contributed by atoms with Gasteiger partial charge in [0.25, 0.3) is 0 Å². The Kier molecular flexibility index (Phi) is 7.61. The number of amides is 2. The maximum absolute atomic E-state index is 12.6. The van der Waals surface area contributed by atoms with Gasteiger partial charge in [-0.2, -0.15) is 4.31 Å². The number of nitrogens with one attached hydrogen (secondary N) is 2. The SMILES string of the molecule is COc1ccccc1NC(=O)C(=O)NCCc1ccc(S(=O)(=O)N2CCOCC2)cc1. The number of carbonyl (C=O) groups excluding carboxylic acids is 2. The monoisotopic (exact) mass is 447 g/mol. The predicted molar refractivity (Wildman–Crippen MR) is 114 cm³/mol. The highest BCUT2D eigenvalue weighted by molar-refractivity contribution is 7.89. The Labute approximate surface area is 181 Å². The van der Waals surface area contributed by atoms with Crippen molar-refractivity contribution in [2.24, 2.45) is 0 Å². The van der Waals surface area contributed by atoms with Gasteiger partial charge < -0.3 is 20.1 Å². The van der Waals surface area contributed by atoms with E-state index in [0.717, 1.165) is 5.56 Å². The first-order chi connectivity index (χ1) is 14.9. The Morgan fingerprint density at radius 2 is 1.71 bits per heavy atom. The summed E-state index contributed by atoms with van der Waals surface area (Å²) < 4.78 is 37.0. The van der Waals surface area contributed by atoms with Gasteiger partial charge in [-0.25, -0.2) is 8.42 Å². The fourth-order valence-electron chi connectivity index (χ4n) is 3.09. The van der Waals surface area contributed by atoms with Gasteiger partial charge in [-0.05, 0) is 36.2 Å². The number of benzene rings is 2. The van der Waals surface area contributed by atoms with E-state index in [4.69, 9.17) is 9.47 Å². The Hall–Kier alpha value is -2.95. The average Bonchev–Trinajstić information content (AvgIpc) is 2.80. The first-order valence-electron chi connectivity index (χ1n) is 9.81. The predicted octanol–water partition coefficient (Wildman–Crippen LogP) is 1.01. The molecule has 3 rings (SSSR count). The van der Waals surface area contributed by atoms with Crippen LogP contribution >= 0.6 is 0 Å². The molecule has 31 heavy (non-hydrogen) atoms. The van der Waals surface area contributed by atoms with Crippen molar-refractivity contribution in [2.75, 3.05) is 45.3 Å². The van der Waals surface area contributed by atoms with E-state index in [1.54, 1.807) is 48.5 Å². The summed E-state index contributed by atoms with van der Waals surface area (Å²) in [5.41, 5.74) is 1.24. The minimum Gasteiger partial charge on any atom is -0.495 e. The van der Waals surface area contributed by atoms with Crippen LogP contribution in [0.1, 0.15) is 5.56 Å². The zero-order chi connectivity index (χ0) is 22.3. The number of hydrogen-bond acceptors (Lipinski definition) is 6. The van der Waals surface area contributed by atoms with E-state index in [-0.39, 0.29) is 11.4 Å². The van der Waals surface area contributed by atoms with E-state index < -0.39 is 21.8 Å². The highest BCUT2D eigenvalue weighted by Gasteiger charge is 2.26. The van der Waals surface area contributed by atoms with Crippen LogP contribution in [0.3, 0.4) is 0 Å². The zero-order valence-electron chi connectivity index (χ0n) is 17.2. The Morgan fingerprint density at radius 3 is 2.39 bits per heavy atom. The van der Waals surface area contributed by atoms with Gasteiger partial charge in [0.2, 0.25) is 10.0 Å². The van der Waals surface area contributed by atoms with E-state index in [2.05, 4.69) is 10.6 Å². The molecule has 0 bridgehead atoms. The first kappa shape index (κ1) is 22.7. The molecule has 2 aromatic carbocycles. The maximum atomic E-state index is 12.6. The van der Waals surface area contributed by atoms with Gasteiger partial charge in [0.1, 0.15) is 5.75 Å². The number of ether oxygens (including phenoxy) is 2. The van der Waals surface area contributed by atoms with Gasteiger partial charge in [-0.1, -0.05) is 24.3 Å². The number of sulfonamides is 1. The van der Waals surface area contributed by atoms with Gasteiger partial charge in [-0.15, -0.1) is 0 Å². The third kappa shape index (κ3) is 5.81. The van der Waals surface area contributed by atoms with Crippen LogP contribution in [0, 0.1) is 0 Å². The molecule has 9 nitrogen and oxygen atoms in total. The van der Waals surface area contributed by atoms with Gasteiger partial charge >= 0.3 is 11.8 Å². The van der Waals surface area contributed by atoms with Crippen molar-refractivity contribution < 1.29 is 27.5 Å². The van der Waals surface area contributed by atoms with Crippen LogP contribution in [0.4, 0.5) is 5.69 Å². The summed E-state index contributed by atoms with van der Waals surface area (Å²) in [6.07, 6.45) is 0.450. The van der Waals surface area contributed by atoms with Crippen LogP contribution < -0.4 is 15.4 Å². The van der Waals surface area contributed by atoms with Crippen LogP contribution in [0.2, 0.25) is 0 Å². The number of carbonyl (C=O) groups is 2. The number of para-hydroxylation sites is 2. The topological polar surface area (TPSA) is 114 Å². The lowest BCUT2D eigenvalue weighted by Crippen LogP contribution is -2.40. The van der Waals surface area contributed by atoms with Crippen molar-refractivity contribution in [1.82, 2.24) is 9.62 Å². The van der Waals surface area contributed by atoms with Crippen LogP contribution in [0.5, 0.6) is 5.75 Å². The van der Waals surface area contributed by atoms with E-state index in [0.29, 0.717) is 44.2 Å². The molecule has 0 unspecified atom stereocenters. The summed E-state index contributed by atoms with van der Waals surface area (Å²) in [7, 11) is -2.06. The summed E-state index contributed by atoms with van der Waals surface area (Å²) >= 11 is 0. The second-order valence-electron chi connectivity index (χ2n) is 6.82. The van der Waals surface area contributed by atoms with Gasteiger partial charge in [0.15, 0.2) is 0 Å². The summed E-state index contributed by atoms with van der Waals surface area (Å²) in [5, 5.41) is 5.06. The molecule has 1 fully saturated rings. The molecule has 166 valence electrons. The van der Waals surface area contributed by atoms with Crippen LogP contribution in [-0.2, 0) is 30.8 Å². The minimum absolute atomic E-state index is 0.221. The number of methoxy groups -OCH3 is 1. The Bertz CT molecular complexity index is 1020. The van der Waals surface area contributed by atoms with Crippen molar-refractivity contribution in [2.45, 2.75) is 11.3 Å². The lowest BCUT2D eigenvalue weighted by molar-refractivity contribution is -0.136. The van der Waals surface area contributed by atoms with Crippen LogP contribution in [-0.4, -0.2) is 64.5 Å².